The molecule has 0 fully saturated rings. The Morgan fingerprint density at radius 3 is 3.13 bits per heavy atom. The van der Waals surface area contributed by atoms with E-state index in [1.165, 1.54) is 12.3 Å². The molecule has 0 radical (unpaired) electrons. The van der Waals surface area contributed by atoms with Crippen LogP contribution in [0, 0.1) is 18.2 Å². The highest BCUT2D eigenvalue weighted by Crippen LogP contribution is 2.10. The summed E-state index contributed by atoms with van der Waals surface area (Å²) in [6.07, 6.45) is 7.47. The van der Waals surface area contributed by atoms with Crippen molar-refractivity contribution in [3.63, 3.8) is 0 Å². The molecule has 1 atom stereocenters. The number of aromatic nitrogens is 1. The number of halogens is 1. The number of carbonyl (C=O) groups is 1. The van der Waals surface area contributed by atoms with Crippen LogP contribution in [0.3, 0.4) is 0 Å². The molecule has 0 aliphatic rings. The zero-order valence-corrected chi connectivity index (χ0v) is 7.90. The van der Waals surface area contributed by atoms with Crippen molar-refractivity contribution in [3.05, 3.63) is 24.3 Å². The lowest BCUT2D eigenvalue weighted by atomic mass is 10.2. The van der Waals surface area contributed by atoms with Gasteiger partial charge >= 0.3 is 0 Å². The van der Waals surface area contributed by atoms with Gasteiger partial charge in [-0.1, -0.05) is 0 Å². The molecule has 0 aromatic carbocycles. The molecule has 4 nitrogen and oxygen atoms in total. The summed E-state index contributed by atoms with van der Waals surface area (Å²) in [5, 5.41) is 2.32. The van der Waals surface area contributed by atoms with Gasteiger partial charge in [0.15, 0.2) is 5.82 Å². The molecule has 1 rings (SSSR count). The molecule has 1 heterocycles. The van der Waals surface area contributed by atoms with Gasteiger partial charge in [-0.3, -0.25) is 9.78 Å². The Kier molecular flexibility index (Phi) is 3.77. The lowest BCUT2D eigenvalue weighted by Gasteiger charge is -2.09. The van der Waals surface area contributed by atoms with E-state index in [0.29, 0.717) is 0 Å². The van der Waals surface area contributed by atoms with E-state index in [-0.39, 0.29) is 12.1 Å². The number of nitrogens with zero attached hydrogens (tertiary/aromatic N) is 1. The van der Waals surface area contributed by atoms with E-state index in [4.69, 9.17) is 12.2 Å². The molecule has 0 saturated heterocycles. The number of hydrogen-bond donors (Lipinski definition) is 2. The molecule has 0 saturated carbocycles. The molecular formula is C10H10FN3O. The van der Waals surface area contributed by atoms with Crippen LogP contribution in [0.1, 0.15) is 6.42 Å². The van der Waals surface area contributed by atoms with E-state index < -0.39 is 17.8 Å². The summed E-state index contributed by atoms with van der Waals surface area (Å²) in [7, 11) is 0. The molecule has 78 valence electrons. The summed E-state index contributed by atoms with van der Waals surface area (Å²) in [4.78, 5) is 14.9. The number of carbonyl (C=O) groups excluding carboxylic acids is 1. The van der Waals surface area contributed by atoms with Crippen LogP contribution in [-0.2, 0) is 4.79 Å². The van der Waals surface area contributed by atoms with Gasteiger partial charge in [0, 0.05) is 12.6 Å². The summed E-state index contributed by atoms with van der Waals surface area (Å²) in [6, 6.07) is 0.512. The Morgan fingerprint density at radius 2 is 2.53 bits per heavy atom. The largest absolute Gasteiger partial charge is 0.322 e. The number of nitrogens with two attached hydrogens (primary N) is 1. The normalized spacial score (nSPS) is 11.5. The third-order valence-corrected chi connectivity index (χ3v) is 1.70. The third kappa shape index (κ3) is 3.04. The second-order valence-corrected chi connectivity index (χ2v) is 2.86. The first kappa shape index (κ1) is 11.1. The minimum Gasteiger partial charge on any atom is -0.322 e. The van der Waals surface area contributed by atoms with Gasteiger partial charge in [0.1, 0.15) is 0 Å². The number of terminal acetylenes is 1. The summed E-state index contributed by atoms with van der Waals surface area (Å²) >= 11 is 0. The summed E-state index contributed by atoms with van der Waals surface area (Å²) in [5.41, 5.74) is 5.48. The minimum absolute atomic E-state index is 0.0440. The van der Waals surface area contributed by atoms with Gasteiger partial charge in [-0.05, 0) is 6.07 Å². The van der Waals surface area contributed by atoms with E-state index >= 15 is 0 Å². The van der Waals surface area contributed by atoms with Crippen LogP contribution >= 0.6 is 0 Å². The standard InChI is InChI=1S/C10H10FN3O/c1-2-3-8(12)10(15)14-9-4-5-13-6-7(9)11/h1,4-6,8H,3,12H2,(H,13,14,15). The van der Waals surface area contributed by atoms with Gasteiger partial charge in [0.2, 0.25) is 5.91 Å². The first-order chi connectivity index (χ1) is 7.15. The molecule has 5 heteroatoms. The lowest BCUT2D eigenvalue weighted by molar-refractivity contribution is -0.117. The Balaban J connectivity index is 2.67. The zero-order chi connectivity index (χ0) is 11.3. The predicted molar refractivity (Wildman–Crippen MR) is 54.3 cm³/mol. The fourth-order valence-electron chi connectivity index (χ4n) is 0.922. The SMILES string of the molecule is C#CCC(N)C(=O)Nc1ccncc1F. The Labute approximate surface area is 86.7 Å². The monoisotopic (exact) mass is 207 g/mol. The summed E-state index contributed by atoms with van der Waals surface area (Å²) in [6.45, 7) is 0. The van der Waals surface area contributed by atoms with Crippen LogP contribution in [-0.4, -0.2) is 16.9 Å². The molecule has 3 N–H and O–H groups in total. The highest BCUT2D eigenvalue weighted by molar-refractivity contribution is 5.94. The summed E-state index contributed by atoms with van der Waals surface area (Å²) < 4.78 is 13.0. The average Bonchev–Trinajstić information content (AvgIpc) is 2.21. The van der Waals surface area contributed by atoms with Crippen molar-refractivity contribution in [3.8, 4) is 12.3 Å². The topological polar surface area (TPSA) is 68.0 Å². The third-order valence-electron chi connectivity index (χ3n) is 1.70. The van der Waals surface area contributed by atoms with Crippen LogP contribution in [0.2, 0.25) is 0 Å². The average molecular weight is 207 g/mol. The van der Waals surface area contributed by atoms with Gasteiger partial charge < -0.3 is 11.1 Å². The number of hydrogen-bond acceptors (Lipinski definition) is 3. The molecule has 1 aromatic heterocycles. The maximum Gasteiger partial charge on any atom is 0.242 e. The fourth-order valence-corrected chi connectivity index (χ4v) is 0.922. The molecular weight excluding hydrogens is 197 g/mol. The van der Waals surface area contributed by atoms with E-state index in [1.54, 1.807) is 0 Å². The van der Waals surface area contributed by atoms with Gasteiger partial charge in [0.25, 0.3) is 0 Å². The molecule has 1 amide bonds. The molecule has 0 bridgehead atoms. The highest BCUT2D eigenvalue weighted by Gasteiger charge is 2.13. The highest BCUT2D eigenvalue weighted by atomic mass is 19.1. The van der Waals surface area contributed by atoms with E-state index in [2.05, 4.69) is 16.2 Å². The fraction of sp³-hybridized carbons (Fsp3) is 0.200. The molecule has 1 aromatic rings. The first-order valence-corrected chi connectivity index (χ1v) is 4.24. The molecule has 1 unspecified atom stereocenters. The minimum atomic E-state index is -0.831. The van der Waals surface area contributed by atoms with Gasteiger partial charge in [-0.2, -0.15) is 0 Å². The first-order valence-electron chi connectivity index (χ1n) is 4.24. The van der Waals surface area contributed by atoms with Crippen LogP contribution < -0.4 is 11.1 Å². The van der Waals surface area contributed by atoms with Gasteiger partial charge in [0.05, 0.1) is 17.9 Å². The smallest absolute Gasteiger partial charge is 0.242 e. The van der Waals surface area contributed by atoms with E-state index in [1.807, 2.05) is 0 Å². The number of nitrogens with one attached hydrogen (secondary N) is 1. The van der Waals surface area contributed by atoms with Crippen molar-refractivity contribution >= 4 is 11.6 Å². The number of rotatable bonds is 3. The predicted octanol–water partition coefficient (Wildman–Crippen LogP) is 0.510. The van der Waals surface area contributed by atoms with Crippen LogP contribution in [0.25, 0.3) is 0 Å². The maximum absolute atomic E-state index is 13.0. The lowest BCUT2D eigenvalue weighted by Crippen LogP contribution is -2.35. The molecule has 15 heavy (non-hydrogen) atoms. The second kappa shape index (κ2) is 5.08. The van der Waals surface area contributed by atoms with Crippen LogP contribution in [0.4, 0.5) is 10.1 Å². The number of pyridine rings is 1. The van der Waals surface area contributed by atoms with Crippen molar-refractivity contribution in [2.45, 2.75) is 12.5 Å². The Morgan fingerprint density at radius 1 is 1.80 bits per heavy atom. The quantitative estimate of drug-likeness (QED) is 0.709. The Bertz CT molecular complexity index is 400. The van der Waals surface area contributed by atoms with E-state index in [0.717, 1.165) is 6.20 Å². The van der Waals surface area contributed by atoms with Crippen molar-refractivity contribution in [2.75, 3.05) is 5.32 Å². The second-order valence-electron chi connectivity index (χ2n) is 2.86. The van der Waals surface area contributed by atoms with Gasteiger partial charge in [-0.15, -0.1) is 12.3 Å². The van der Waals surface area contributed by atoms with Crippen LogP contribution in [0.15, 0.2) is 18.5 Å². The van der Waals surface area contributed by atoms with Gasteiger partial charge in [-0.25, -0.2) is 4.39 Å². The Hall–Kier alpha value is -1.93. The summed E-state index contributed by atoms with van der Waals surface area (Å²) in [5.74, 6) is 1.13. The van der Waals surface area contributed by atoms with Crippen molar-refractivity contribution in [1.29, 1.82) is 0 Å². The van der Waals surface area contributed by atoms with Crippen molar-refractivity contribution in [2.24, 2.45) is 5.73 Å². The molecule has 0 aliphatic heterocycles. The van der Waals surface area contributed by atoms with E-state index in [9.17, 15) is 9.18 Å². The van der Waals surface area contributed by atoms with Crippen molar-refractivity contribution < 1.29 is 9.18 Å². The van der Waals surface area contributed by atoms with Crippen molar-refractivity contribution in [1.82, 2.24) is 4.98 Å². The molecule has 0 aliphatic carbocycles. The maximum atomic E-state index is 13.0. The molecule has 0 spiro atoms. The van der Waals surface area contributed by atoms with Crippen LogP contribution in [0.5, 0.6) is 0 Å². The zero-order valence-electron chi connectivity index (χ0n) is 7.90. The number of anilines is 1. The number of amides is 1.